The molecule has 2 N–H and O–H groups in total. The van der Waals surface area contributed by atoms with E-state index in [1.165, 1.54) is 4.31 Å². The number of sulfonamides is 1. The number of nitrogens with one attached hydrogen (secondary N) is 2. The minimum absolute atomic E-state index is 0.0935. The largest absolute Gasteiger partial charge is 0.345 e. The Hall–Kier alpha value is -2.75. The summed E-state index contributed by atoms with van der Waals surface area (Å²) < 4.78 is 27.3. The van der Waals surface area contributed by atoms with Gasteiger partial charge in [-0.1, -0.05) is 43.7 Å². The number of aryl methyl sites for hydroxylation is 1. The highest BCUT2D eigenvalue weighted by Gasteiger charge is 2.30. The second-order valence-electron chi connectivity index (χ2n) is 8.92. The van der Waals surface area contributed by atoms with Crippen LogP contribution >= 0.6 is 0 Å². The number of benzene rings is 2. The molecule has 1 aromatic heterocycles. The number of nitrogens with zero attached hydrogens (tertiary/aromatic N) is 3. The number of fused-ring (bicyclic) bond motifs is 1. The minimum Gasteiger partial charge on any atom is -0.345 e. The van der Waals surface area contributed by atoms with Crippen LogP contribution < -0.4 is 5.32 Å². The number of imidazole rings is 1. The van der Waals surface area contributed by atoms with Gasteiger partial charge in [-0.05, 0) is 37.1 Å². The Balaban J connectivity index is 1.35. The molecule has 3 aromatic rings. The summed E-state index contributed by atoms with van der Waals surface area (Å²) in [5, 5.41) is 3.11. The van der Waals surface area contributed by atoms with Gasteiger partial charge in [-0.3, -0.25) is 9.69 Å². The molecule has 2 heterocycles. The lowest BCUT2D eigenvalue weighted by molar-refractivity contribution is -0.123. The molecular weight excluding hydrogens is 438 g/mol. The molecule has 0 spiro atoms. The third-order valence-electron chi connectivity index (χ3n) is 6.04. The van der Waals surface area contributed by atoms with Gasteiger partial charge in [0.15, 0.2) is 0 Å². The molecule has 33 heavy (non-hydrogen) atoms. The lowest BCUT2D eigenvalue weighted by Gasteiger charge is -2.34. The lowest BCUT2D eigenvalue weighted by atomic mass is 10.0. The van der Waals surface area contributed by atoms with Gasteiger partial charge in [0.25, 0.3) is 0 Å². The number of aromatic amines is 1. The molecule has 9 heteroatoms. The highest BCUT2D eigenvalue weighted by Crippen LogP contribution is 2.22. The van der Waals surface area contributed by atoms with Crippen molar-refractivity contribution in [3.8, 4) is 0 Å². The number of carbonyl (C=O) groups excluding carboxylic acids is 1. The third-order valence-corrected chi connectivity index (χ3v) is 7.96. The topological polar surface area (TPSA) is 98.4 Å². The van der Waals surface area contributed by atoms with Gasteiger partial charge in [-0.15, -0.1) is 0 Å². The van der Waals surface area contributed by atoms with Crippen molar-refractivity contribution in [1.29, 1.82) is 0 Å². The quantitative estimate of drug-likeness (QED) is 0.554. The lowest BCUT2D eigenvalue weighted by Crippen LogP contribution is -2.51. The van der Waals surface area contributed by atoms with Crippen molar-refractivity contribution in [1.82, 2.24) is 24.5 Å². The third kappa shape index (κ3) is 5.26. The van der Waals surface area contributed by atoms with Gasteiger partial charge in [-0.2, -0.15) is 4.31 Å². The van der Waals surface area contributed by atoms with E-state index in [-0.39, 0.29) is 24.4 Å². The molecule has 1 aliphatic heterocycles. The zero-order valence-corrected chi connectivity index (χ0v) is 20.1. The Morgan fingerprint density at radius 1 is 1.06 bits per heavy atom. The monoisotopic (exact) mass is 469 g/mol. The first kappa shape index (κ1) is 23.4. The fourth-order valence-corrected chi connectivity index (χ4v) is 5.50. The van der Waals surface area contributed by atoms with Gasteiger partial charge in [-0.25, -0.2) is 13.4 Å². The molecular formula is C24H31N5O3S. The summed E-state index contributed by atoms with van der Waals surface area (Å²) in [5.41, 5.74) is 2.84. The zero-order valence-electron chi connectivity index (χ0n) is 19.3. The van der Waals surface area contributed by atoms with Crippen molar-refractivity contribution in [3.63, 3.8) is 0 Å². The number of piperazine rings is 1. The molecule has 1 saturated heterocycles. The van der Waals surface area contributed by atoms with Crippen molar-refractivity contribution in [2.75, 3.05) is 32.7 Å². The van der Waals surface area contributed by atoms with Gasteiger partial charge < -0.3 is 10.3 Å². The molecule has 0 bridgehead atoms. The average molecular weight is 470 g/mol. The molecule has 1 fully saturated rings. The van der Waals surface area contributed by atoms with Gasteiger partial charge in [0.05, 0.1) is 28.5 Å². The van der Waals surface area contributed by atoms with Crippen LogP contribution in [0.3, 0.4) is 0 Å². The van der Waals surface area contributed by atoms with Crippen LogP contribution in [0.2, 0.25) is 0 Å². The predicted molar refractivity (Wildman–Crippen MR) is 128 cm³/mol. The number of hydrogen-bond acceptors (Lipinski definition) is 5. The molecule has 1 unspecified atom stereocenters. The van der Waals surface area contributed by atoms with E-state index < -0.39 is 10.0 Å². The first-order chi connectivity index (χ1) is 15.7. The van der Waals surface area contributed by atoms with Crippen molar-refractivity contribution in [2.45, 2.75) is 31.7 Å². The second-order valence-corrected chi connectivity index (χ2v) is 10.9. The SMILES string of the molecule is Cc1ccc(S(=O)(=O)N2CCN(CC(=O)NC(c3nc4ccccc4[nH]3)C(C)C)CC2)cc1. The number of amides is 1. The maximum absolute atomic E-state index is 12.9. The summed E-state index contributed by atoms with van der Waals surface area (Å²) in [6.07, 6.45) is 0. The van der Waals surface area contributed by atoms with Crippen molar-refractivity contribution >= 4 is 27.0 Å². The van der Waals surface area contributed by atoms with Gasteiger partial charge in [0.1, 0.15) is 5.82 Å². The van der Waals surface area contributed by atoms with E-state index in [0.29, 0.717) is 31.1 Å². The molecule has 176 valence electrons. The molecule has 0 aliphatic carbocycles. The van der Waals surface area contributed by atoms with E-state index in [1.807, 2.05) is 49.9 Å². The Labute approximate surface area is 195 Å². The van der Waals surface area contributed by atoms with E-state index in [1.54, 1.807) is 24.3 Å². The molecule has 1 amide bonds. The van der Waals surface area contributed by atoms with Crippen LogP contribution in [-0.4, -0.2) is 66.2 Å². The Morgan fingerprint density at radius 3 is 2.36 bits per heavy atom. The minimum atomic E-state index is -3.52. The van der Waals surface area contributed by atoms with Crippen LogP contribution in [0.15, 0.2) is 53.4 Å². The molecule has 8 nitrogen and oxygen atoms in total. The number of para-hydroxylation sites is 2. The highest BCUT2D eigenvalue weighted by atomic mass is 32.2. The normalized spacial score (nSPS) is 16.8. The summed E-state index contributed by atoms with van der Waals surface area (Å²) >= 11 is 0. The fourth-order valence-electron chi connectivity index (χ4n) is 4.08. The summed E-state index contributed by atoms with van der Waals surface area (Å²) in [4.78, 5) is 23.1. The van der Waals surface area contributed by atoms with Gasteiger partial charge in [0.2, 0.25) is 15.9 Å². The van der Waals surface area contributed by atoms with Crippen LogP contribution in [0.1, 0.15) is 31.3 Å². The maximum atomic E-state index is 12.9. The van der Waals surface area contributed by atoms with E-state index in [9.17, 15) is 13.2 Å². The second kappa shape index (κ2) is 9.62. The predicted octanol–water partition coefficient (Wildman–Crippen LogP) is 2.69. The van der Waals surface area contributed by atoms with Crippen LogP contribution in [-0.2, 0) is 14.8 Å². The van der Waals surface area contributed by atoms with Crippen LogP contribution in [0.5, 0.6) is 0 Å². The van der Waals surface area contributed by atoms with Crippen molar-refractivity contribution in [2.24, 2.45) is 5.92 Å². The Bertz CT molecular complexity index is 1180. The van der Waals surface area contributed by atoms with Crippen LogP contribution in [0, 0.1) is 12.8 Å². The highest BCUT2D eigenvalue weighted by molar-refractivity contribution is 7.89. The standard InChI is InChI=1S/C24H31N5O3S/c1-17(2)23(24-25-20-6-4-5-7-21(20)26-24)27-22(30)16-28-12-14-29(15-13-28)33(31,32)19-10-8-18(3)9-11-19/h4-11,17,23H,12-16H2,1-3H3,(H,25,26)(H,27,30). The Kier molecular flexibility index (Phi) is 6.83. The maximum Gasteiger partial charge on any atom is 0.243 e. The van der Waals surface area contributed by atoms with Crippen molar-refractivity contribution < 1.29 is 13.2 Å². The zero-order chi connectivity index (χ0) is 23.6. The average Bonchev–Trinajstić information content (AvgIpc) is 3.22. The van der Waals surface area contributed by atoms with E-state index in [2.05, 4.69) is 15.3 Å². The van der Waals surface area contributed by atoms with E-state index in [4.69, 9.17) is 0 Å². The van der Waals surface area contributed by atoms with Crippen molar-refractivity contribution in [3.05, 3.63) is 59.9 Å². The first-order valence-corrected chi connectivity index (χ1v) is 12.7. The summed E-state index contributed by atoms with van der Waals surface area (Å²) in [7, 11) is -3.52. The molecule has 0 radical (unpaired) electrons. The molecule has 2 aromatic carbocycles. The van der Waals surface area contributed by atoms with Crippen LogP contribution in [0.25, 0.3) is 11.0 Å². The molecule has 1 aliphatic rings. The van der Waals surface area contributed by atoms with E-state index >= 15 is 0 Å². The molecule has 4 rings (SSSR count). The van der Waals surface area contributed by atoms with Crippen LogP contribution in [0.4, 0.5) is 0 Å². The van der Waals surface area contributed by atoms with E-state index in [0.717, 1.165) is 22.4 Å². The Morgan fingerprint density at radius 2 is 1.73 bits per heavy atom. The van der Waals surface area contributed by atoms with Gasteiger partial charge >= 0.3 is 0 Å². The van der Waals surface area contributed by atoms with Gasteiger partial charge in [0, 0.05) is 26.2 Å². The smallest absolute Gasteiger partial charge is 0.243 e. The summed E-state index contributed by atoms with van der Waals surface area (Å²) in [5.74, 6) is 0.809. The number of carbonyl (C=O) groups is 1. The molecule has 1 atom stereocenters. The number of H-pyrrole nitrogens is 1. The summed E-state index contributed by atoms with van der Waals surface area (Å²) in [6, 6.07) is 14.5. The first-order valence-electron chi connectivity index (χ1n) is 11.3. The molecule has 0 saturated carbocycles. The summed E-state index contributed by atoms with van der Waals surface area (Å²) in [6.45, 7) is 7.99. The number of rotatable bonds is 7. The fraction of sp³-hybridized carbons (Fsp3) is 0.417. The number of hydrogen-bond donors (Lipinski definition) is 2. The number of aromatic nitrogens is 2.